The van der Waals surface area contributed by atoms with Gasteiger partial charge in [0.05, 0.1) is 4.90 Å². The maximum atomic E-state index is 12.2. The van der Waals surface area contributed by atoms with Gasteiger partial charge in [0.1, 0.15) is 18.7 Å². The van der Waals surface area contributed by atoms with Crippen molar-refractivity contribution in [3.8, 4) is 0 Å². The maximum Gasteiger partial charge on any atom is 0.494 e. The lowest BCUT2D eigenvalue weighted by atomic mass is 10.2. The summed E-state index contributed by atoms with van der Waals surface area (Å²) >= 11 is 0. The number of aliphatic carboxylic acids is 2. The van der Waals surface area contributed by atoms with E-state index < -0.39 is 52.1 Å². The second-order valence-corrected chi connectivity index (χ2v) is 10.4. The minimum Gasteiger partial charge on any atom is -0.480 e. The summed E-state index contributed by atoms with van der Waals surface area (Å²) in [7, 11) is -4.00. The smallest absolute Gasteiger partial charge is 0.480 e. The van der Waals surface area contributed by atoms with Crippen molar-refractivity contribution in [1.82, 2.24) is 20.0 Å². The van der Waals surface area contributed by atoms with Gasteiger partial charge in [0.15, 0.2) is 0 Å². The fourth-order valence-corrected chi connectivity index (χ4v) is 3.87. The normalized spacial score (nSPS) is 12.0. The van der Waals surface area contributed by atoms with Crippen LogP contribution in [0.15, 0.2) is 84.0 Å². The number of halogens is 3. The van der Waals surface area contributed by atoms with Gasteiger partial charge in [0, 0.05) is 31.0 Å². The molecule has 0 saturated carbocycles. The first-order chi connectivity index (χ1) is 22.0. The average molecular weight is 689 g/mol. The van der Waals surface area contributed by atoms with Gasteiger partial charge in [0.25, 0.3) is 5.91 Å². The molecule has 0 aliphatic rings. The van der Waals surface area contributed by atoms with E-state index in [1.807, 2.05) is 0 Å². The minimum atomic E-state index is -5.06. The van der Waals surface area contributed by atoms with E-state index in [9.17, 15) is 45.9 Å². The Bertz CT molecular complexity index is 1520. The van der Waals surface area contributed by atoms with E-state index in [1.54, 1.807) is 42.5 Å². The van der Waals surface area contributed by atoms with Gasteiger partial charge in [-0.2, -0.15) is 22.8 Å². The molecule has 0 bridgehead atoms. The third kappa shape index (κ3) is 16.6. The number of nitrogens with zero attached hydrogens (tertiary/aromatic N) is 2. The zero-order valence-corrected chi connectivity index (χ0v) is 25.3. The Morgan fingerprint density at radius 2 is 1.45 bits per heavy atom. The molecule has 16 nitrogen and oxygen atoms in total. The molecular formula is C27H31F3N6O10S. The van der Waals surface area contributed by atoms with Gasteiger partial charge in [-0.15, -0.1) is 0 Å². The van der Waals surface area contributed by atoms with Gasteiger partial charge in [-0.1, -0.05) is 36.4 Å². The highest BCUT2D eigenvalue weighted by atomic mass is 32.2. The van der Waals surface area contributed by atoms with Crippen molar-refractivity contribution in [2.75, 3.05) is 25.0 Å². The number of nitrogens with one attached hydrogen (secondary N) is 3. The second-order valence-electron chi connectivity index (χ2n) is 8.72. The Balaban J connectivity index is 0.000000417. The lowest BCUT2D eigenvalue weighted by Crippen LogP contribution is -2.48. The van der Waals surface area contributed by atoms with E-state index in [0.29, 0.717) is 11.5 Å². The van der Waals surface area contributed by atoms with Crippen LogP contribution >= 0.6 is 0 Å². The summed E-state index contributed by atoms with van der Waals surface area (Å²) in [6.07, 6.45) is -2.09. The summed E-state index contributed by atoms with van der Waals surface area (Å²) in [5, 5.41) is 22.1. The van der Waals surface area contributed by atoms with Gasteiger partial charge in [-0.25, -0.2) is 23.2 Å². The third-order valence-electron chi connectivity index (χ3n) is 4.94. The molecule has 0 saturated heterocycles. The van der Waals surface area contributed by atoms with Crippen LogP contribution in [0.4, 0.5) is 19.1 Å². The fourth-order valence-electron chi connectivity index (χ4n) is 2.66. The van der Waals surface area contributed by atoms with E-state index in [2.05, 4.69) is 35.1 Å². The molecule has 0 radical (unpaired) electrons. The molecule has 0 spiro atoms. The Morgan fingerprint density at radius 1 is 0.915 bits per heavy atom. The molecule has 20 heteroatoms. The number of carbonyl (C=O) groups is 4. The van der Waals surface area contributed by atoms with E-state index in [4.69, 9.17) is 10.8 Å². The third-order valence-corrected chi connectivity index (χ3v) is 6.43. The predicted octanol–water partition coefficient (Wildman–Crippen LogP) is 1.19. The van der Waals surface area contributed by atoms with Crippen molar-refractivity contribution in [2.24, 2.45) is 5.73 Å². The monoisotopic (exact) mass is 688 g/mol. The van der Waals surface area contributed by atoms with Gasteiger partial charge in [0.2, 0.25) is 16.0 Å². The number of hydrogen-bond acceptors (Lipinski definition) is 12. The number of carboxylic acid groups (broad SMARTS) is 2. The lowest BCUT2D eigenvalue weighted by molar-refractivity contribution is -0.299. The molecule has 2 unspecified atom stereocenters. The first kappa shape index (κ1) is 39.8. The van der Waals surface area contributed by atoms with E-state index in [0.717, 1.165) is 0 Å². The zero-order chi connectivity index (χ0) is 35.5. The van der Waals surface area contributed by atoms with Crippen LogP contribution in [-0.4, -0.2) is 90.4 Å². The van der Waals surface area contributed by atoms with Gasteiger partial charge >= 0.3 is 24.1 Å². The van der Waals surface area contributed by atoms with E-state index in [-0.39, 0.29) is 24.6 Å². The number of carbonyl (C=O) groups excluding carboxylic acids is 2. The summed E-state index contributed by atoms with van der Waals surface area (Å²) in [5.41, 5.74) is 5.19. The highest BCUT2D eigenvalue weighted by molar-refractivity contribution is 7.89. The second kappa shape index (κ2) is 20.0. The Labute approximate surface area is 266 Å². The molecule has 0 aliphatic heterocycles. The summed E-state index contributed by atoms with van der Waals surface area (Å²) in [6.45, 7) is 0.868. The van der Waals surface area contributed by atoms with E-state index >= 15 is 0 Å². The number of rotatable bonds is 13. The Hall–Kier alpha value is -5.18. The predicted molar refractivity (Wildman–Crippen MR) is 157 cm³/mol. The standard InChI is InChI=1S/C16H16N2O5S.C8H8F3N3O3.C3H7NO2/c19-15(12-7-3-1-4-8-12)17-11-14(16(20)21)18-24(22,23)13-9-5-2-6-10-13;9-8(10,11)6(15)17-16-5-4-14-7-12-2-1-3-13-7;1-2(4)3(5)6/h1-10,14,18H,11H2,(H,17,19)(H,20,21);1-3H,4-5H2,(H,12,13,14);2H,4H2,1H3,(H,5,6). The van der Waals surface area contributed by atoms with Crippen LogP contribution in [0.5, 0.6) is 0 Å². The van der Waals surface area contributed by atoms with Crippen LogP contribution in [0.25, 0.3) is 0 Å². The fraction of sp³-hybridized carbons (Fsp3) is 0.259. The molecule has 47 heavy (non-hydrogen) atoms. The molecule has 256 valence electrons. The van der Waals surface area contributed by atoms with Crippen LogP contribution in [0, 0.1) is 0 Å². The SMILES string of the molecule is CC(N)C(=O)O.O=C(NCC(NS(=O)(=O)c1ccccc1)C(=O)O)c1ccccc1.O=C(OOCCNc1ncccn1)C(F)(F)F. The van der Waals surface area contributed by atoms with Crippen LogP contribution in [0.2, 0.25) is 0 Å². The number of anilines is 1. The molecule has 3 aromatic rings. The highest BCUT2D eigenvalue weighted by Gasteiger charge is 2.42. The largest absolute Gasteiger partial charge is 0.494 e. The first-order valence-corrected chi connectivity index (χ1v) is 14.6. The molecule has 0 aliphatic carbocycles. The molecule has 7 N–H and O–H groups in total. The van der Waals surface area contributed by atoms with Crippen LogP contribution < -0.4 is 21.1 Å². The topological polar surface area (TPSA) is 249 Å². The van der Waals surface area contributed by atoms with Gasteiger partial charge < -0.3 is 26.6 Å². The molecular weight excluding hydrogens is 657 g/mol. The van der Waals surface area contributed by atoms with Crippen molar-refractivity contribution >= 4 is 39.8 Å². The summed E-state index contributed by atoms with van der Waals surface area (Å²) in [6, 6.07) is 15.0. The number of carboxylic acids is 2. The molecule has 1 heterocycles. The Kier molecular flexibility index (Phi) is 17.0. The molecule has 3 rings (SSSR count). The minimum absolute atomic E-state index is 0.0503. The van der Waals surface area contributed by atoms with Gasteiger partial charge in [-0.05, 0) is 37.3 Å². The van der Waals surface area contributed by atoms with Crippen molar-refractivity contribution < 1.29 is 60.8 Å². The molecule has 2 aromatic carbocycles. The van der Waals surface area contributed by atoms with Crippen molar-refractivity contribution in [3.05, 3.63) is 84.7 Å². The average Bonchev–Trinajstić information content (AvgIpc) is 3.04. The number of benzene rings is 2. The number of aromatic nitrogens is 2. The van der Waals surface area contributed by atoms with Crippen LogP contribution in [0.3, 0.4) is 0 Å². The molecule has 1 amide bonds. The maximum absolute atomic E-state index is 12.2. The van der Waals surface area contributed by atoms with Crippen LogP contribution in [-0.2, 0) is 34.2 Å². The summed E-state index contributed by atoms with van der Waals surface area (Å²) in [4.78, 5) is 58.0. The van der Waals surface area contributed by atoms with Crippen molar-refractivity contribution in [2.45, 2.75) is 30.1 Å². The quantitative estimate of drug-likeness (QED) is 0.0839. The number of nitrogens with two attached hydrogens (primary N) is 1. The first-order valence-electron chi connectivity index (χ1n) is 13.1. The molecule has 0 fully saturated rings. The van der Waals surface area contributed by atoms with E-state index in [1.165, 1.54) is 43.6 Å². The summed E-state index contributed by atoms with van der Waals surface area (Å²) < 4.78 is 61.3. The van der Waals surface area contributed by atoms with Crippen molar-refractivity contribution in [3.63, 3.8) is 0 Å². The number of amides is 1. The molecule has 2 atom stereocenters. The number of hydrogen-bond donors (Lipinski definition) is 6. The van der Waals surface area contributed by atoms with Gasteiger partial charge in [-0.3, -0.25) is 19.3 Å². The van der Waals surface area contributed by atoms with Crippen LogP contribution in [0.1, 0.15) is 17.3 Å². The Morgan fingerprint density at radius 3 is 1.94 bits per heavy atom. The van der Waals surface area contributed by atoms with Crippen molar-refractivity contribution in [1.29, 1.82) is 0 Å². The zero-order valence-electron chi connectivity index (χ0n) is 24.5. The number of sulfonamides is 1. The number of alkyl halides is 3. The lowest BCUT2D eigenvalue weighted by Gasteiger charge is -2.15. The summed E-state index contributed by atoms with van der Waals surface area (Å²) in [5.74, 6) is -4.94. The highest BCUT2D eigenvalue weighted by Crippen LogP contribution is 2.16. The molecule has 1 aromatic heterocycles.